The lowest BCUT2D eigenvalue weighted by Crippen LogP contribution is -2.44. The number of rotatable bonds is 4. The summed E-state index contributed by atoms with van der Waals surface area (Å²) in [5, 5.41) is 0. The highest BCUT2D eigenvalue weighted by Crippen LogP contribution is 2.22. The fraction of sp³-hybridized carbons (Fsp3) is 1.00. The third kappa shape index (κ3) is 3.44. The highest BCUT2D eigenvalue weighted by atomic mass is 32.2. The van der Waals surface area contributed by atoms with Crippen molar-refractivity contribution in [3.8, 4) is 0 Å². The summed E-state index contributed by atoms with van der Waals surface area (Å²) in [6, 6.07) is 1.12. The van der Waals surface area contributed by atoms with Crippen molar-refractivity contribution in [1.29, 1.82) is 0 Å². The number of hydrogen-bond acceptors (Lipinski definition) is 3. The second kappa shape index (κ2) is 5.99. The Hall–Kier alpha value is 0.270. The normalized spacial score (nSPS) is 22.9. The summed E-state index contributed by atoms with van der Waals surface area (Å²) in [6.07, 6.45) is 4.73. The minimum atomic E-state index is 0.416. The van der Waals surface area contributed by atoms with Gasteiger partial charge in [-0.1, -0.05) is 0 Å². The average Bonchev–Trinajstić information content (AvgIpc) is 2.18. The molecule has 0 spiro atoms. The van der Waals surface area contributed by atoms with E-state index in [-0.39, 0.29) is 0 Å². The van der Waals surface area contributed by atoms with Gasteiger partial charge in [-0.2, -0.15) is 11.8 Å². The molecule has 0 saturated carbocycles. The van der Waals surface area contributed by atoms with E-state index in [2.05, 4.69) is 25.0 Å². The summed E-state index contributed by atoms with van der Waals surface area (Å²) < 4.78 is 0. The van der Waals surface area contributed by atoms with E-state index in [0.717, 1.165) is 11.7 Å². The maximum absolute atomic E-state index is 6.14. The summed E-state index contributed by atoms with van der Waals surface area (Å²) in [5.41, 5.74) is 6.14. The van der Waals surface area contributed by atoms with Gasteiger partial charge in [0.2, 0.25) is 0 Å². The van der Waals surface area contributed by atoms with Crippen molar-refractivity contribution in [2.45, 2.75) is 38.8 Å². The Labute approximate surface area is 92.6 Å². The zero-order valence-corrected chi connectivity index (χ0v) is 10.5. The highest BCUT2D eigenvalue weighted by Gasteiger charge is 2.24. The molecule has 0 aromatic heterocycles. The summed E-state index contributed by atoms with van der Waals surface area (Å²) in [7, 11) is 0. The van der Waals surface area contributed by atoms with E-state index in [1.54, 1.807) is 0 Å². The Morgan fingerprint density at radius 3 is 2.36 bits per heavy atom. The van der Waals surface area contributed by atoms with E-state index in [1.807, 2.05) is 11.8 Å². The van der Waals surface area contributed by atoms with Gasteiger partial charge in [0.1, 0.15) is 0 Å². The molecule has 1 fully saturated rings. The lowest BCUT2D eigenvalue weighted by molar-refractivity contribution is 0.141. The number of nitrogens with two attached hydrogens (primary N) is 1. The van der Waals surface area contributed by atoms with Crippen LogP contribution in [0.1, 0.15) is 26.7 Å². The van der Waals surface area contributed by atoms with E-state index in [0.29, 0.717) is 12.1 Å². The second-order valence-electron chi connectivity index (χ2n) is 4.59. The van der Waals surface area contributed by atoms with Crippen molar-refractivity contribution in [3.05, 3.63) is 0 Å². The first-order valence-electron chi connectivity index (χ1n) is 5.63. The standard InChI is InChI=1S/C11H24N2S/c1-9(2)13-6-4-10(5-7-13)11(12)8-14-3/h9-11H,4-8,12H2,1-3H3. The van der Waals surface area contributed by atoms with Gasteiger partial charge in [0, 0.05) is 17.8 Å². The second-order valence-corrected chi connectivity index (χ2v) is 5.50. The van der Waals surface area contributed by atoms with Gasteiger partial charge in [0.15, 0.2) is 0 Å². The van der Waals surface area contributed by atoms with Crippen LogP contribution >= 0.6 is 11.8 Å². The molecule has 1 heterocycles. The first-order chi connectivity index (χ1) is 6.65. The molecule has 0 aromatic rings. The monoisotopic (exact) mass is 216 g/mol. The third-order valence-corrected chi connectivity index (χ3v) is 3.99. The summed E-state index contributed by atoms with van der Waals surface area (Å²) in [5.74, 6) is 1.88. The predicted molar refractivity (Wildman–Crippen MR) is 65.8 cm³/mol. The smallest absolute Gasteiger partial charge is 0.0159 e. The molecular weight excluding hydrogens is 192 g/mol. The predicted octanol–water partition coefficient (Wildman–Crippen LogP) is 1.80. The van der Waals surface area contributed by atoms with Gasteiger partial charge >= 0.3 is 0 Å². The number of thioether (sulfide) groups is 1. The van der Waals surface area contributed by atoms with Crippen LogP contribution in [0, 0.1) is 5.92 Å². The number of piperidine rings is 1. The molecule has 84 valence electrons. The van der Waals surface area contributed by atoms with Crippen LogP contribution in [0.2, 0.25) is 0 Å². The average molecular weight is 216 g/mol. The fourth-order valence-corrected chi connectivity index (χ4v) is 2.85. The Kier molecular flexibility index (Phi) is 5.28. The molecule has 0 aliphatic carbocycles. The van der Waals surface area contributed by atoms with Gasteiger partial charge in [-0.3, -0.25) is 0 Å². The van der Waals surface area contributed by atoms with E-state index in [4.69, 9.17) is 5.73 Å². The molecule has 2 N–H and O–H groups in total. The molecule has 3 heteroatoms. The van der Waals surface area contributed by atoms with Gasteiger partial charge in [-0.15, -0.1) is 0 Å². The fourth-order valence-electron chi connectivity index (χ4n) is 2.19. The topological polar surface area (TPSA) is 29.3 Å². The largest absolute Gasteiger partial charge is 0.327 e. The molecule has 14 heavy (non-hydrogen) atoms. The molecular formula is C11H24N2S. The van der Waals surface area contributed by atoms with Gasteiger partial charge in [0.25, 0.3) is 0 Å². The minimum Gasteiger partial charge on any atom is -0.327 e. The summed E-state index contributed by atoms with van der Waals surface area (Å²) in [6.45, 7) is 7.04. The molecule has 0 bridgehead atoms. The Balaban J connectivity index is 2.28. The Morgan fingerprint density at radius 2 is 1.93 bits per heavy atom. The quantitative estimate of drug-likeness (QED) is 0.777. The molecule has 0 aromatic carbocycles. The van der Waals surface area contributed by atoms with Crippen LogP contribution < -0.4 is 5.73 Å². The molecule has 2 nitrogen and oxygen atoms in total. The van der Waals surface area contributed by atoms with Gasteiger partial charge in [-0.05, 0) is 52.0 Å². The SMILES string of the molecule is CSCC(N)C1CCN(C(C)C)CC1. The molecule has 1 atom stereocenters. The van der Waals surface area contributed by atoms with Crippen LogP contribution in [-0.4, -0.2) is 42.1 Å². The van der Waals surface area contributed by atoms with Crippen molar-refractivity contribution in [3.63, 3.8) is 0 Å². The van der Waals surface area contributed by atoms with E-state index in [9.17, 15) is 0 Å². The Morgan fingerprint density at radius 1 is 1.36 bits per heavy atom. The molecule has 1 aliphatic heterocycles. The van der Waals surface area contributed by atoms with Gasteiger partial charge in [0.05, 0.1) is 0 Å². The maximum atomic E-state index is 6.14. The summed E-state index contributed by atoms with van der Waals surface area (Å²) >= 11 is 1.87. The number of likely N-dealkylation sites (tertiary alicyclic amines) is 1. The molecule has 0 amide bonds. The van der Waals surface area contributed by atoms with Crippen LogP contribution in [0.15, 0.2) is 0 Å². The van der Waals surface area contributed by atoms with Gasteiger partial charge in [-0.25, -0.2) is 0 Å². The van der Waals surface area contributed by atoms with Crippen LogP contribution in [0.3, 0.4) is 0 Å². The zero-order valence-electron chi connectivity index (χ0n) is 9.70. The number of hydrogen-bond donors (Lipinski definition) is 1. The van der Waals surface area contributed by atoms with Crippen LogP contribution in [0.5, 0.6) is 0 Å². The van der Waals surface area contributed by atoms with E-state index >= 15 is 0 Å². The highest BCUT2D eigenvalue weighted by molar-refractivity contribution is 7.98. The third-order valence-electron chi connectivity index (χ3n) is 3.27. The molecule has 1 aliphatic rings. The summed E-state index contributed by atoms with van der Waals surface area (Å²) in [4.78, 5) is 2.56. The first-order valence-corrected chi connectivity index (χ1v) is 7.03. The molecule has 1 rings (SSSR count). The lowest BCUT2D eigenvalue weighted by Gasteiger charge is -2.36. The number of nitrogens with zero attached hydrogens (tertiary/aromatic N) is 1. The van der Waals surface area contributed by atoms with E-state index < -0.39 is 0 Å². The van der Waals surface area contributed by atoms with Crippen molar-refractivity contribution < 1.29 is 0 Å². The first kappa shape index (κ1) is 12.3. The van der Waals surface area contributed by atoms with Gasteiger partial charge < -0.3 is 10.6 Å². The maximum Gasteiger partial charge on any atom is 0.0159 e. The van der Waals surface area contributed by atoms with Crippen LogP contribution in [-0.2, 0) is 0 Å². The lowest BCUT2D eigenvalue weighted by atomic mass is 9.90. The van der Waals surface area contributed by atoms with E-state index in [1.165, 1.54) is 25.9 Å². The van der Waals surface area contributed by atoms with Crippen molar-refractivity contribution in [1.82, 2.24) is 4.90 Å². The van der Waals surface area contributed by atoms with Crippen molar-refractivity contribution in [2.24, 2.45) is 11.7 Å². The van der Waals surface area contributed by atoms with Crippen LogP contribution in [0.4, 0.5) is 0 Å². The Bertz CT molecular complexity index is 153. The molecule has 1 saturated heterocycles. The minimum absolute atomic E-state index is 0.416. The molecule has 1 unspecified atom stereocenters. The molecule has 0 radical (unpaired) electrons. The van der Waals surface area contributed by atoms with Crippen molar-refractivity contribution >= 4 is 11.8 Å². The van der Waals surface area contributed by atoms with Crippen LogP contribution in [0.25, 0.3) is 0 Å². The van der Waals surface area contributed by atoms with Crippen molar-refractivity contribution in [2.75, 3.05) is 25.1 Å². The zero-order chi connectivity index (χ0) is 10.6.